The van der Waals surface area contributed by atoms with E-state index in [2.05, 4.69) is 73.1 Å². The minimum atomic E-state index is 1.05. The molecule has 3 rings (SSSR count). The maximum Gasteiger partial charge on any atom is 0.0259 e. The molecule has 0 saturated carbocycles. The highest BCUT2D eigenvalue weighted by atomic mass is 79.9. The molecule has 0 spiro atoms. The zero-order chi connectivity index (χ0) is 13.6. The van der Waals surface area contributed by atoms with Crippen LogP contribution in [0.25, 0.3) is 16.7 Å². The van der Waals surface area contributed by atoms with Crippen LogP contribution >= 0.6 is 15.9 Å². The van der Waals surface area contributed by atoms with Gasteiger partial charge in [0.25, 0.3) is 0 Å². The monoisotopic (exact) mass is 312 g/mol. The second-order valence-corrected chi connectivity index (χ2v) is 6.19. The molecule has 0 bridgehead atoms. The highest BCUT2D eigenvalue weighted by Crippen LogP contribution is 2.38. The summed E-state index contributed by atoms with van der Waals surface area (Å²) >= 11 is 3.74. The summed E-state index contributed by atoms with van der Waals surface area (Å²) in [5, 5.41) is 0. The number of fused-ring (bicyclic) bond motifs is 1. The lowest BCUT2D eigenvalue weighted by molar-refractivity contribution is 1.29. The SMILES string of the molecule is CC1=CCc2cc(-c3cccc(C)c3C)cc(Br)c21. The van der Waals surface area contributed by atoms with E-state index in [9.17, 15) is 0 Å². The molecule has 0 heterocycles. The molecule has 2 aromatic carbocycles. The van der Waals surface area contributed by atoms with Gasteiger partial charge in [-0.05, 0) is 72.2 Å². The Morgan fingerprint density at radius 1 is 1.05 bits per heavy atom. The topological polar surface area (TPSA) is 0 Å². The zero-order valence-electron chi connectivity index (χ0n) is 11.5. The molecule has 1 heteroatoms. The van der Waals surface area contributed by atoms with Gasteiger partial charge in [-0.15, -0.1) is 0 Å². The third-order valence-electron chi connectivity index (χ3n) is 4.11. The van der Waals surface area contributed by atoms with Crippen molar-refractivity contribution >= 4 is 21.5 Å². The first-order valence-electron chi connectivity index (χ1n) is 6.64. The van der Waals surface area contributed by atoms with E-state index in [4.69, 9.17) is 0 Å². The van der Waals surface area contributed by atoms with Gasteiger partial charge in [0, 0.05) is 4.47 Å². The van der Waals surface area contributed by atoms with Crippen LogP contribution in [-0.4, -0.2) is 0 Å². The smallest absolute Gasteiger partial charge is 0.0259 e. The van der Waals surface area contributed by atoms with Crippen molar-refractivity contribution in [2.75, 3.05) is 0 Å². The van der Waals surface area contributed by atoms with Crippen LogP contribution in [0.1, 0.15) is 29.2 Å². The van der Waals surface area contributed by atoms with Crippen molar-refractivity contribution in [1.29, 1.82) is 0 Å². The largest absolute Gasteiger partial charge is 0.0765 e. The average Bonchev–Trinajstić information content (AvgIpc) is 2.75. The molecule has 0 N–H and O–H groups in total. The zero-order valence-corrected chi connectivity index (χ0v) is 13.1. The highest BCUT2D eigenvalue weighted by Gasteiger charge is 2.16. The molecule has 1 aliphatic carbocycles. The quantitative estimate of drug-likeness (QED) is 0.634. The Balaban J connectivity index is 2.19. The first-order chi connectivity index (χ1) is 9.08. The summed E-state index contributed by atoms with van der Waals surface area (Å²) in [5.41, 5.74) is 9.58. The maximum absolute atomic E-state index is 3.74. The number of hydrogen-bond acceptors (Lipinski definition) is 0. The van der Waals surface area contributed by atoms with Crippen LogP contribution in [0.4, 0.5) is 0 Å². The molecule has 19 heavy (non-hydrogen) atoms. The predicted octanol–water partition coefficient (Wildman–Crippen LogP) is 5.69. The summed E-state index contributed by atoms with van der Waals surface area (Å²) in [6.45, 7) is 6.57. The minimum Gasteiger partial charge on any atom is -0.0765 e. The van der Waals surface area contributed by atoms with E-state index in [0.29, 0.717) is 0 Å². The average molecular weight is 313 g/mol. The normalized spacial score (nSPS) is 13.4. The number of halogens is 1. The fourth-order valence-electron chi connectivity index (χ4n) is 2.85. The summed E-state index contributed by atoms with van der Waals surface area (Å²) in [6.07, 6.45) is 3.36. The van der Waals surface area contributed by atoms with E-state index in [1.54, 1.807) is 0 Å². The van der Waals surface area contributed by atoms with E-state index in [0.717, 1.165) is 6.42 Å². The van der Waals surface area contributed by atoms with Gasteiger partial charge in [0.1, 0.15) is 0 Å². The number of allylic oxidation sites excluding steroid dienone is 2. The lowest BCUT2D eigenvalue weighted by Crippen LogP contribution is -1.91. The molecular weight excluding hydrogens is 296 g/mol. The molecule has 0 nitrogen and oxygen atoms in total. The van der Waals surface area contributed by atoms with Crippen LogP contribution in [0, 0.1) is 13.8 Å². The van der Waals surface area contributed by atoms with Crippen molar-refractivity contribution in [2.24, 2.45) is 0 Å². The van der Waals surface area contributed by atoms with Crippen molar-refractivity contribution < 1.29 is 0 Å². The van der Waals surface area contributed by atoms with Gasteiger partial charge >= 0.3 is 0 Å². The van der Waals surface area contributed by atoms with E-state index in [1.165, 1.54) is 43.4 Å². The summed E-state index contributed by atoms with van der Waals surface area (Å²) in [5.74, 6) is 0. The molecule has 0 radical (unpaired) electrons. The molecule has 0 aliphatic heterocycles. The van der Waals surface area contributed by atoms with Crippen molar-refractivity contribution in [3.05, 3.63) is 63.1 Å². The fraction of sp³-hybridized carbons (Fsp3) is 0.222. The van der Waals surface area contributed by atoms with Crippen LogP contribution in [0.15, 0.2) is 40.9 Å². The predicted molar refractivity (Wildman–Crippen MR) is 86.4 cm³/mol. The lowest BCUT2D eigenvalue weighted by Gasteiger charge is -2.13. The van der Waals surface area contributed by atoms with E-state index >= 15 is 0 Å². The molecule has 0 unspecified atom stereocenters. The Labute approximate surface area is 123 Å². The molecule has 0 fully saturated rings. The second kappa shape index (κ2) is 4.64. The van der Waals surface area contributed by atoms with Gasteiger partial charge in [0.2, 0.25) is 0 Å². The van der Waals surface area contributed by atoms with Crippen molar-refractivity contribution in [1.82, 2.24) is 0 Å². The summed E-state index contributed by atoms with van der Waals surface area (Å²) < 4.78 is 1.21. The molecule has 1 aliphatic rings. The van der Waals surface area contributed by atoms with Crippen LogP contribution in [0.5, 0.6) is 0 Å². The van der Waals surface area contributed by atoms with Crippen molar-refractivity contribution in [2.45, 2.75) is 27.2 Å². The third-order valence-corrected chi connectivity index (χ3v) is 4.74. The Bertz CT molecular complexity index is 693. The third kappa shape index (κ3) is 2.06. The first kappa shape index (κ1) is 12.7. The molecule has 96 valence electrons. The highest BCUT2D eigenvalue weighted by molar-refractivity contribution is 9.10. The van der Waals surface area contributed by atoms with Crippen LogP contribution < -0.4 is 0 Å². The van der Waals surface area contributed by atoms with Crippen LogP contribution in [-0.2, 0) is 6.42 Å². The van der Waals surface area contributed by atoms with E-state index in [1.807, 2.05) is 0 Å². The molecule has 2 aromatic rings. The second-order valence-electron chi connectivity index (χ2n) is 5.33. The number of aryl methyl sites for hydroxylation is 1. The van der Waals surface area contributed by atoms with Crippen LogP contribution in [0.3, 0.4) is 0 Å². The minimum absolute atomic E-state index is 1.05. The van der Waals surface area contributed by atoms with Gasteiger partial charge in [0.05, 0.1) is 0 Å². The van der Waals surface area contributed by atoms with Gasteiger partial charge in [0.15, 0.2) is 0 Å². The Hall–Kier alpha value is -1.34. The first-order valence-corrected chi connectivity index (χ1v) is 7.43. The van der Waals surface area contributed by atoms with Gasteiger partial charge < -0.3 is 0 Å². The van der Waals surface area contributed by atoms with Gasteiger partial charge in [-0.1, -0.05) is 46.3 Å². The summed E-state index contributed by atoms with van der Waals surface area (Å²) in [4.78, 5) is 0. The molecule has 0 amide bonds. The fourth-order valence-corrected chi connectivity index (χ4v) is 3.66. The standard InChI is InChI=1S/C18H17Br/c1-11-5-4-6-16(13(11)3)15-9-14-8-7-12(2)18(14)17(19)10-15/h4-7,9-10H,8H2,1-3H3. The summed E-state index contributed by atoms with van der Waals surface area (Å²) in [6, 6.07) is 11.1. The van der Waals surface area contributed by atoms with Gasteiger partial charge in [-0.2, -0.15) is 0 Å². The Kier molecular flexibility index (Phi) is 3.10. The van der Waals surface area contributed by atoms with Gasteiger partial charge in [-0.3, -0.25) is 0 Å². The Morgan fingerprint density at radius 2 is 1.84 bits per heavy atom. The van der Waals surface area contributed by atoms with Gasteiger partial charge in [-0.25, -0.2) is 0 Å². The van der Waals surface area contributed by atoms with E-state index in [-0.39, 0.29) is 0 Å². The van der Waals surface area contributed by atoms with E-state index < -0.39 is 0 Å². The number of rotatable bonds is 1. The van der Waals surface area contributed by atoms with Crippen molar-refractivity contribution in [3.8, 4) is 11.1 Å². The number of benzene rings is 2. The molecule has 0 saturated heterocycles. The molecule has 0 aromatic heterocycles. The maximum atomic E-state index is 3.74. The lowest BCUT2D eigenvalue weighted by atomic mass is 9.94. The van der Waals surface area contributed by atoms with Crippen molar-refractivity contribution in [3.63, 3.8) is 0 Å². The summed E-state index contributed by atoms with van der Waals surface area (Å²) in [7, 11) is 0. The molecule has 0 atom stereocenters. The van der Waals surface area contributed by atoms with Crippen LogP contribution in [0.2, 0.25) is 0 Å². The molecular formula is C18H17Br. The Morgan fingerprint density at radius 3 is 2.63 bits per heavy atom. The number of hydrogen-bond donors (Lipinski definition) is 0.